The highest BCUT2D eigenvalue weighted by molar-refractivity contribution is 7.89. The molecule has 0 atom stereocenters. The lowest BCUT2D eigenvalue weighted by Gasteiger charge is -2.27. The molecule has 10 nitrogen and oxygen atoms in total. The number of aromatic nitrogens is 1. The lowest BCUT2D eigenvalue weighted by atomic mass is 10.1. The van der Waals surface area contributed by atoms with Gasteiger partial charge in [0.15, 0.2) is 0 Å². The SMILES string of the molecule is COCCCN(CC(=O)N(CCc1c[nH]c2ccccc12)Cc1ccccc1)S(=O)(=O)c1ccc(Cl)c([N+](=O)[O-])c1. The first-order valence-corrected chi connectivity index (χ1v) is 14.8. The third-order valence-electron chi connectivity index (χ3n) is 6.71. The van der Waals surface area contributed by atoms with Crippen molar-refractivity contribution >= 4 is 44.1 Å². The van der Waals surface area contributed by atoms with E-state index in [4.69, 9.17) is 16.3 Å². The van der Waals surface area contributed by atoms with E-state index in [9.17, 15) is 23.3 Å². The van der Waals surface area contributed by atoms with Gasteiger partial charge in [-0.05, 0) is 42.2 Å². The summed E-state index contributed by atoms with van der Waals surface area (Å²) in [6.45, 7) is 0.465. The van der Waals surface area contributed by atoms with Gasteiger partial charge in [-0.2, -0.15) is 4.31 Å². The maximum absolute atomic E-state index is 13.8. The fourth-order valence-electron chi connectivity index (χ4n) is 4.55. The van der Waals surface area contributed by atoms with E-state index in [1.807, 2.05) is 60.8 Å². The van der Waals surface area contributed by atoms with Gasteiger partial charge in [0.05, 0.1) is 16.4 Å². The van der Waals surface area contributed by atoms with Crippen LogP contribution in [0.2, 0.25) is 5.02 Å². The van der Waals surface area contributed by atoms with Gasteiger partial charge in [-0.1, -0.05) is 60.1 Å². The van der Waals surface area contributed by atoms with Crippen molar-refractivity contribution < 1.29 is 22.9 Å². The number of amides is 1. The molecule has 1 amide bonds. The Bertz CT molecular complexity index is 1610. The number of fused-ring (bicyclic) bond motifs is 1. The number of carbonyl (C=O) groups is 1. The maximum Gasteiger partial charge on any atom is 0.289 e. The fraction of sp³-hybridized carbons (Fsp3) is 0.276. The summed E-state index contributed by atoms with van der Waals surface area (Å²) in [7, 11) is -2.78. The van der Waals surface area contributed by atoms with Gasteiger partial charge in [0, 0.05) is 56.5 Å². The molecule has 0 aliphatic carbocycles. The zero-order chi connectivity index (χ0) is 29.4. The average Bonchev–Trinajstić information content (AvgIpc) is 3.38. The number of nitro groups is 1. The van der Waals surface area contributed by atoms with E-state index < -0.39 is 33.1 Å². The molecule has 41 heavy (non-hydrogen) atoms. The molecule has 0 aliphatic heterocycles. The topological polar surface area (TPSA) is 126 Å². The van der Waals surface area contributed by atoms with E-state index >= 15 is 0 Å². The molecule has 0 radical (unpaired) electrons. The van der Waals surface area contributed by atoms with Crippen LogP contribution >= 0.6 is 11.6 Å². The van der Waals surface area contributed by atoms with Crippen molar-refractivity contribution in [1.82, 2.24) is 14.2 Å². The summed E-state index contributed by atoms with van der Waals surface area (Å²) in [6, 6.07) is 20.7. The summed E-state index contributed by atoms with van der Waals surface area (Å²) in [4.78, 5) is 29.0. The number of ether oxygens (including phenoxy) is 1. The monoisotopic (exact) mass is 598 g/mol. The van der Waals surface area contributed by atoms with Gasteiger partial charge in [-0.15, -0.1) is 0 Å². The first-order chi connectivity index (χ1) is 19.7. The minimum Gasteiger partial charge on any atom is -0.385 e. The second-order valence-corrected chi connectivity index (χ2v) is 11.8. The maximum atomic E-state index is 13.8. The molecule has 0 fully saturated rings. The van der Waals surface area contributed by atoms with Crippen LogP contribution in [0.4, 0.5) is 5.69 Å². The lowest BCUT2D eigenvalue weighted by molar-refractivity contribution is -0.384. The average molecular weight is 599 g/mol. The summed E-state index contributed by atoms with van der Waals surface area (Å²) < 4.78 is 33.5. The van der Waals surface area contributed by atoms with Crippen molar-refractivity contribution in [2.75, 3.05) is 33.4 Å². The van der Waals surface area contributed by atoms with Crippen molar-refractivity contribution in [1.29, 1.82) is 0 Å². The molecule has 0 unspecified atom stereocenters. The number of hydrogen-bond acceptors (Lipinski definition) is 6. The molecule has 1 N–H and O–H groups in total. The third-order valence-corrected chi connectivity index (χ3v) is 8.88. The molecule has 0 bridgehead atoms. The first kappa shape index (κ1) is 30.2. The summed E-state index contributed by atoms with van der Waals surface area (Å²) in [5.74, 6) is -0.391. The van der Waals surface area contributed by atoms with E-state index in [2.05, 4.69) is 4.98 Å². The Morgan fingerprint density at radius 1 is 1.05 bits per heavy atom. The van der Waals surface area contributed by atoms with Crippen LogP contribution in [0.15, 0.2) is 83.9 Å². The highest BCUT2D eigenvalue weighted by atomic mass is 35.5. The number of para-hydroxylation sites is 1. The number of sulfonamides is 1. The number of nitro benzene ring substituents is 1. The van der Waals surface area contributed by atoms with Crippen LogP contribution in [0.3, 0.4) is 0 Å². The van der Waals surface area contributed by atoms with Gasteiger partial charge in [-0.25, -0.2) is 8.42 Å². The Kier molecular flexibility index (Phi) is 10.1. The predicted molar refractivity (Wildman–Crippen MR) is 157 cm³/mol. The van der Waals surface area contributed by atoms with Crippen LogP contribution in [0, 0.1) is 10.1 Å². The highest BCUT2D eigenvalue weighted by Crippen LogP contribution is 2.29. The normalized spacial score (nSPS) is 11.7. The van der Waals surface area contributed by atoms with Gasteiger partial charge < -0.3 is 14.6 Å². The molecule has 1 heterocycles. The van der Waals surface area contributed by atoms with E-state index in [1.54, 1.807) is 4.90 Å². The minimum atomic E-state index is -4.28. The molecule has 1 aromatic heterocycles. The summed E-state index contributed by atoms with van der Waals surface area (Å²) >= 11 is 5.91. The number of nitrogens with one attached hydrogen (secondary N) is 1. The number of methoxy groups -OCH3 is 1. The lowest BCUT2D eigenvalue weighted by Crippen LogP contribution is -2.43. The Balaban J connectivity index is 1.61. The molecule has 3 aromatic carbocycles. The van der Waals surface area contributed by atoms with Crippen molar-refractivity contribution in [3.05, 3.63) is 105 Å². The van der Waals surface area contributed by atoms with Crippen LogP contribution in [0.5, 0.6) is 0 Å². The molecule has 0 aliphatic rings. The number of carbonyl (C=O) groups excluding carboxylic acids is 1. The fourth-order valence-corrected chi connectivity index (χ4v) is 6.19. The van der Waals surface area contributed by atoms with Crippen molar-refractivity contribution in [2.24, 2.45) is 0 Å². The summed E-state index contributed by atoms with van der Waals surface area (Å²) in [5.41, 5.74) is 2.42. The second-order valence-electron chi connectivity index (χ2n) is 9.47. The van der Waals surface area contributed by atoms with E-state index in [1.165, 1.54) is 19.2 Å². The largest absolute Gasteiger partial charge is 0.385 e. The van der Waals surface area contributed by atoms with E-state index in [0.717, 1.165) is 32.4 Å². The molecule has 216 valence electrons. The van der Waals surface area contributed by atoms with Crippen molar-refractivity contribution in [3.8, 4) is 0 Å². The molecular formula is C29H31ClN4O6S. The zero-order valence-corrected chi connectivity index (χ0v) is 24.1. The quantitative estimate of drug-likeness (QED) is 0.123. The molecular weight excluding hydrogens is 568 g/mol. The number of H-pyrrole nitrogens is 1. The number of rotatable bonds is 14. The first-order valence-electron chi connectivity index (χ1n) is 13.0. The van der Waals surface area contributed by atoms with Gasteiger partial charge in [-0.3, -0.25) is 14.9 Å². The Hall–Kier alpha value is -3.77. The summed E-state index contributed by atoms with van der Waals surface area (Å²) in [5, 5.41) is 12.3. The Labute approximate surface area is 243 Å². The number of nitrogens with zero attached hydrogens (tertiary/aromatic N) is 3. The second kappa shape index (κ2) is 13.7. The third kappa shape index (κ3) is 7.50. The predicted octanol–water partition coefficient (Wildman–Crippen LogP) is 5.03. The number of aromatic amines is 1. The van der Waals surface area contributed by atoms with E-state index in [0.29, 0.717) is 25.9 Å². The van der Waals surface area contributed by atoms with Crippen LogP contribution in [-0.2, 0) is 32.5 Å². The zero-order valence-electron chi connectivity index (χ0n) is 22.5. The van der Waals surface area contributed by atoms with Crippen LogP contribution < -0.4 is 0 Å². The number of benzene rings is 3. The molecule has 4 rings (SSSR count). The Morgan fingerprint density at radius 3 is 2.51 bits per heavy atom. The van der Waals surface area contributed by atoms with Crippen LogP contribution in [0.25, 0.3) is 10.9 Å². The molecule has 0 saturated carbocycles. The molecule has 0 spiro atoms. The highest BCUT2D eigenvalue weighted by Gasteiger charge is 2.30. The van der Waals surface area contributed by atoms with Gasteiger partial charge >= 0.3 is 0 Å². The standard InChI is InChI=1S/C29H31ClN4O6S/c1-40-17-7-15-33(41(38,39)24-12-13-26(30)28(18-24)34(36)37)21-29(35)32(20-22-8-3-2-4-9-22)16-14-23-19-31-27-11-6-5-10-25(23)27/h2-6,8-13,18-19,31H,7,14-17,20-21H2,1H3. The van der Waals surface area contributed by atoms with Gasteiger partial charge in [0.2, 0.25) is 15.9 Å². The summed E-state index contributed by atoms with van der Waals surface area (Å²) in [6.07, 6.45) is 2.81. The van der Waals surface area contributed by atoms with Gasteiger partial charge in [0.1, 0.15) is 5.02 Å². The molecule has 4 aromatic rings. The minimum absolute atomic E-state index is 0.0139. The van der Waals surface area contributed by atoms with Crippen LogP contribution in [0.1, 0.15) is 17.5 Å². The van der Waals surface area contributed by atoms with Crippen LogP contribution in [-0.4, -0.2) is 66.8 Å². The molecule has 12 heteroatoms. The van der Waals surface area contributed by atoms with Crippen molar-refractivity contribution in [2.45, 2.75) is 24.3 Å². The number of halogens is 1. The Morgan fingerprint density at radius 2 is 1.78 bits per heavy atom. The number of hydrogen-bond donors (Lipinski definition) is 1. The smallest absolute Gasteiger partial charge is 0.289 e. The van der Waals surface area contributed by atoms with Crippen molar-refractivity contribution in [3.63, 3.8) is 0 Å². The molecule has 0 saturated heterocycles. The van der Waals surface area contributed by atoms with Gasteiger partial charge in [0.25, 0.3) is 5.69 Å². The van der Waals surface area contributed by atoms with E-state index in [-0.39, 0.29) is 23.1 Å².